The highest BCUT2D eigenvalue weighted by molar-refractivity contribution is 6.31. The van der Waals surface area contributed by atoms with Crippen LogP contribution in [0.2, 0.25) is 5.02 Å². The fraction of sp³-hybridized carbons (Fsp3) is 0.538. The average Bonchev–Trinajstić information content (AvgIpc) is 2.34. The molecule has 1 N–H and O–H groups in total. The molecule has 0 saturated heterocycles. The van der Waals surface area contributed by atoms with Crippen LogP contribution in [0.15, 0.2) is 12.1 Å². The minimum absolute atomic E-state index is 0.00590. The van der Waals surface area contributed by atoms with Gasteiger partial charge in [0.2, 0.25) is 0 Å². The number of halogens is 2. The molecule has 0 bridgehead atoms. The van der Waals surface area contributed by atoms with Gasteiger partial charge in [0, 0.05) is 19.2 Å². The molecule has 0 aromatic heterocycles. The van der Waals surface area contributed by atoms with Crippen molar-refractivity contribution >= 4 is 23.0 Å². The lowest BCUT2D eigenvalue weighted by atomic mass is 9.90. The van der Waals surface area contributed by atoms with Crippen molar-refractivity contribution in [1.82, 2.24) is 0 Å². The van der Waals surface area contributed by atoms with Gasteiger partial charge in [-0.3, -0.25) is 10.1 Å². The molecule has 1 aromatic rings. The van der Waals surface area contributed by atoms with Crippen LogP contribution in [0, 0.1) is 15.9 Å². The van der Waals surface area contributed by atoms with E-state index < -0.39 is 10.7 Å². The number of aliphatic hydroxyl groups is 1. The highest BCUT2D eigenvalue weighted by Gasteiger charge is 2.30. The smallest absolute Gasteiger partial charge is 0.295 e. The Hall–Kier alpha value is -1.40. The molecule has 0 atom stereocenters. The molecule has 110 valence electrons. The summed E-state index contributed by atoms with van der Waals surface area (Å²) in [4.78, 5) is 12.4. The second-order valence-corrected chi connectivity index (χ2v) is 5.27. The molecule has 0 radical (unpaired) electrons. The Bertz CT molecular complexity index is 509. The van der Waals surface area contributed by atoms with E-state index >= 15 is 0 Å². The molecule has 0 heterocycles. The average molecular weight is 303 g/mol. The Labute approximate surface area is 121 Å². The standard InChI is InChI=1S/C13H16ClFN2O3/c14-10-7-12(13(17(19)20)8-11(10)15)16(5-2-6-18)9-3-1-4-9/h7-9,18H,1-6H2. The Kier molecular flexibility index (Phi) is 4.77. The van der Waals surface area contributed by atoms with Crippen molar-refractivity contribution in [3.05, 3.63) is 33.1 Å². The zero-order valence-corrected chi connectivity index (χ0v) is 11.6. The molecule has 0 spiro atoms. The van der Waals surface area contributed by atoms with Gasteiger partial charge >= 0.3 is 0 Å². The van der Waals surface area contributed by atoms with Crippen LogP contribution in [0.5, 0.6) is 0 Å². The van der Waals surface area contributed by atoms with E-state index in [0.717, 1.165) is 25.3 Å². The molecule has 2 rings (SSSR count). The van der Waals surface area contributed by atoms with Crippen LogP contribution in [-0.4, -0.2) is 29.2 Å². The first kappa shape index (κ1) is 15.0. The largest absolute Gasteiger partial charge is 0.396 e. The van der Waals surface area contributed by atoms with Crippen LogP contribution >= 0.6 is 11.6 Å². The van der Waals surface area contributed by atoms with Crippen LogP contribution < -0.4 is 4.90 Å². The third kappa shape index (κ3) is 3.02. The number of nitro groups is 1. The molecular formula is C13H16ClFN2O3. The second-order valence-electron chi connectivity index (χ2n) is 4.87. The van der Waals surface area contributed by atoms with Crippen molar-refractivity contribution in [2.45, 2.75) is 31.7 Å². The molecule has 7 heteroatoms. The summed E-state index contributed by atoms with van der Waals surface area (Å²) < 4.78 is 13.4. The Morgan fingerprint density at radius 1 is 1.50 bits per heavy atom. The third-order valence-electron chi connectivity index (χ3n) is 3.60. The fourth-order valence-electron chi connectivity index (χ4n) is 2.34. The van der Waals surface area contributed by atoms with Gasteiger partial charge < -0.3 is 10.0 Å². The van der Waals surface area contributed by atoms with Crippen molar-refractivity contribution < 1.29 is 14.4 Å². The van der Waals surface area contributed by atoms with Gasteiger partial charge in [-0.2, -0.15) is 0 Å². The molecule has 0 aliphatic heterocycles. The second kappa shape index (κ2) is 6.37. The van der Waals surface area contributed by atoms with Crippen molar-refractivity contribution in [1.29, 1.82) is 0 Å². The number of hydrogen-bond donors (Lipinski definition) is 1. The van der Waals surface area contributed by atoms with Gasteiger partial charge in [-0.1, -0.05) is 11.6 Å². The quantitative estimate of drug-likeness (QED) is 0.647. The van der Waals surface area contributed by atoms with Gasteiger partial charge in [0.05, 0.1) is 16.0 Å². The summed E-state index contributed by atoms with van der Waals surface area (Å²) >= 11 is 5.76. The van der Waals surface area contributed by atoms with Crippen molar-refractivity contribution in [2.24, 2.45) is 0 Å². The van der Waals surface area contributed by atoms with E-state index in [1.165, 1.54) is 6.07 Å². The van der Waals surface area contributed by atoms with Crippen LogP contribution in [0.25, 0.3) is 0 Å². The predicted molar refractivity (Wildman–Crippen MR) is 74.8 cm³/mol. The molecule has 1 fully saturated rings. The zero-order valence-electron chi connectivity index (χ0n) is 10.9. The molecule has 1 aliphatic carbocycles. The topological polar surface area (TPSA) is 66.6 Å². The molecule has 1 aliphatic rings. The monoisotopic (exact) mass is 302 g/mol. The first-order valence-corrected chi connectivity index (χ1v) is 6.93. The van der Waals surface area contributed by atoms with Gasteiger partial charge in [0.25, 0.3) is 5.69 Å². The molecule has 0 unspecified atom stereocenters. The first-order valence-electron chi connectivity index (χ1n) is 6.55. The molecule has 1 saturated carbocycles. The van der Waals surface area contributed by atoms with Crippen LogP contribution in [0.1, 0.15) is 25.7 Å². The van der Waals surface area contributed by atoms with Gasteiger partial charge in [0.15, 0.2) is 0 Å². The van der Waals surface area contributed by atoms with E-state index in [9.17, 15) is 14.5 Å². The maximum Gasteiger partial charge on any atom is 0.295 e. The Morgan fingerprint density at radius 2 is 2.20 bits per heavy atom. The van der Waals surface area contributed by atoms with Crippen molar-refractivity contribution in [2.75, 3.05) is 18.1 Å². The van der Waals surface area contributed by atoms with E-state index in [-0.39, 0.29) is 23.4 Å². The molecule has 0 amide bonds. The highest BCUT2D eigenvalue weighted by Crippen LogP contribution is 2.38. The summed E-state index contributed by atoms with van der Waals surface area (Å²) in [6, 6.07) is 2.37. The third-order valence-corrected chi connectivity index (χ3v) is 3.89. The summed E-state index contributed by atoms with van der Waals surface area (Å²) in [5.74, 6) is -0.794. The number of aliphatic hydroxyl groups excluding tert-OH is 1. The Morgan fingerprint density at radius 3 is 2.70 bits per heavy atom. The van der Waals surface area contributed by atoms with E-state index in [4.69, 9.17) is 16.7 Å². The number of nitro benzene ring substituents is 1. The number of rotatable bonds is 6. The number of hydrogen-bond acceptors (Lipinski definition) is 4. The lowest BCUT2D eigenvalue weighted by molar-refractivity contribution is -0.384. The maximum absolute atomic E-state index is 13.4. The summed E-state index contributed by atoms with van der Waals surface area (Å²) in [7, 11) is 0. The highest BCUT2D eigenvalue weighted by atomic mass is 35.5. The number of benzene rings is 1. The van der Waals surface area contributed by atoms with E-state index in [0.29, 0.717) is 18.7 Å². The van der Waals surface area contributed by atoms with E-state index in [1.54, 1.807) is 0 Å². The minimum Gasteiger partial charge on any atom is -0.396 e. The minimum atomic E-state index is -0.794. The first-order chi connectivity index (χ1) is 9.54. The predicted octanol–water partition coefficient (Wildman–Crippen LogP) is 3.13. The van der Waals surface area contributed by atoms with Crippen molar-refractivity contribution in [3.8, 4) is 0 Å². The lowest BCUT2D eigenvalue weighted by Crippen LogP contribution is -2.41. The van der Waals surface area contributed by atoms with Gasteiger partial charge in [0.1, 0.15) is 11.5 Å². The van der Waals surface area contributed by atoms with Crippen LogP contribution in [0.3, 0.4) is 0 Å². The SMILES string of the molecule is O=[N+]([O-])c1cc(F)c(Cl)cc1N(CCCO)C1CCC1. The zero-order chi connectivity index (χ0) is 14.7. The number of nitrogens with zero attached hydrogens (tertiary/aromatic N) is 2. The fourth-order valence-corrected chi connectivity index (χ4v) is 2.50. The van der Waals surface area contributed by atoms with E-state index in [1.807, 2.05) is 4.90 Å². The van der Waals surface area contributed by atoms with Crippen LogP contribution in [-0.2, 0) is 0 Å². The molecular weight excluding hydrogens is 287 g/mol. The number of anilines is 1. The normalized spacial score (nSPS) is 14.9. The van der Waals surface area contributed by atoms with Crippen molar-refractivity contribution in [3.63, 3.8) is 0 Å². The maximum atomic E-state index is 13.4. The molecule has 5 nitrogen and oxygen atoms in total. The summed E-state index contributed by atoms with van der Waals surface area (Å²) in [5, 5.41) is 20.0. The van der Waals surface area contributed by atoms with Crippen LogP contribution in [0.4, 0.5) is 15.8 Å². The van der Waals surface area contributed by atoms with E-state index in [2.05, 4.69) is 0 Å². The summed E-state index contributed by atoms with van der Waals surface area (Å²) in [6.07, 6.45) is 3.46. The lowest BCUT2D eigenvalue weighted by Gasteiger charge is -2.39. The van der Waals surface area contributed by atoms with Gasteiger partial charge in [-0.15, -0.1) is 0 Å². The molecule has 1 aromatic carbocycles. The Balaban J connectivity index is 2.39. The molecule has 20 heavy (non-hydrogen) atoms. The summed E-state index contributed by atoms with van der Waals surface area (Å²) in [5.41, 5.74) is 0.0521. The van der Waals surface area contributed by atoms with Gasteiger partial charge in [-0.05, 0) is 31.7 Å². The summed E-state index contributed by atoms with van der Waals surface area (Å²) in [6.45, 7) is 0.496. The van der Waals surface area contributed by atoms with Gasteiger partial charge in [-0.25, -0.2) is 4.39 Å².